The zero-order chi connectivity index (χ0) is 14.9. The standard InChI is InChI=1S/C15H13F3OS/c1-9-7-10(2)20-14(9)13(19)8-11-3-5-12(6-4-11)15(16,17)18/h3-7H,8H2,1-2H3. The Hall–Kier alpha value is -1.62. The molecule has 1 aromatic carbocycles. The van der Waals surface area contributed by atoms with Crippen LogP contribution < -0.4 is 0 Å². The van der Waals surface area contributed by atoms with Crippen molar-refractivity contribution in [3.63, 3.8) is 0 Å². The van der Waals surface area contributed by atoms with Crippen LogP contribution in [0.3, 0.4) is 0 Å². The third-order valence-corrected chi connectivity index (χ3v) is 4.13. The minimum Gasteiger partial charge on any atom is -0.293 e. The summed E-state index contributed by atoms with van der Waals surface area (Å²) in [4.78, 5) is 13.9. The molecule has 5 heteroatoms. The van der Waals surface area contributed by atoms with Gasteiger partial charge < -0.3 is 0 Å². The first kappa shape index (κ1) is 14.8. The van der Waals surface area contributed by atoms with E-state index in [1.165, 1.54) is 23.5 Å². The Morgan fingerprint density at radius 3 is 2.20 bits per heavy atom. The Balaban J connectivity index is 2.14. The number of thiophene rings is 1. The minimum absolute atomic E-state index is 0.0552. The fourth-order valence-corrected chi connectivity index (χ4v) is 2.96. The third kappa shape index (κ3) is 3.28. The highest BCUT2D eigenvalue weighted by Crippen LogP contribution is 2.29. The van der Waals surface area contributed by atoms with Crippen LogP contribution in [0.2, 0.25) is 0 Å². The van der Waals surface area contributed by atoms with Crippen LogP contribution in [0.25, 0.3) is 0 Å². The Morgan fingerprint density at radius 1 is 1.15 bits per heavy atom. The Labute approximate surface area is 119 Å². The molecule has 0 amide bonds. The lowest BCUT2D eigenvalue weighted by atomic mass is 10.0. The van der Waals surface area contributed by atoms with E-state index < -0.39 is 11.7 Å². The maximum absolute atomic E-state index is 12.4. The van der Waals surface area contributed by atoms with E-state index in [2.05, 4.69) is 0 Å². The van der Waals surface area contributed by atoms with Gasteiger partial charge in [-0.1, -0.05) is 12.1 Å². The summed E-state index contributed by atoms with van der Waals surface area (Å²) >= 11 is 1.42. The second-order valence-corrected chi connectivity index (χ2v) is 5.92. The first-order valence-corrected chi connectivity index (χ1v) is 6.85. The van der Waals surface area contributed by atoms with E-state index in [1.807, 2.05) is 19.9 Å². The maximum Gasteiger partial charge on any atom is 0.416 e. The molecule has 0 bridgehead atoms. The molecule has 106 valence electrons. The molecule has 0 unspecified atom stereocenters. The van der Waals surface area contributed by atoms with Crippen LogP contribution in [0.5, 0.6) is 0 Å². The van der Waals surface area contributed by atoms with Crippen LogP contribution in [0.15, 0.2) is 30.3 Å². The van der Waals surface area contributed by atoms with Crippen molar-refractivity contribution in [2.24, 2.45) is 0 Å². The molecular weight excluding hydrogens is 285 g/mol. The quantitative estimate of drug-likeness (QED) is 0.743. The summed E-state index contributed by atoms with van der Waals surface area (Å²) in [6, 6.07) is 6.67. The lowest BCUT2D eigenvalue weighted by molar-refractivity contribution is -0.137. The smallest absolute Gasteiger partial charge is 0.293 e. The van der Waals surface area contributed by atoms with Gasteiger partial charge in [0.15, 0.2) is 5.78 Å². The average molecular weight is 298 g/mol. The van der Waals surface area contributed by atoms with Crippen molar-refractivity contribution in [3.8, 4) is 0 Å². The Morgan fingerprint density at radius 2 is 1.75 bits per heavy atom. The molecule has 2 aromatic rings. The van der Waals surface area contributed by atoms with Crippen molar-refractivity contribution >= 4 is 17.1 Å². The number of alkyl halides is 3. The summed E-state index contributed by atoms with van der Waals surface area (Å²) < 4.78 is 37.3. The Bertz CT molecular complexity index is 624. The second kappa shape index (κ2) is 5.40. The summed E-state index contributed by atoms with van der Waals surface area (Å²) in [5, 5.41) is 0. The highest BCUT2D eigenvalue weighted by atomic mass is 32.1. The minimum atomic E-state index is -4.34. The molecule has 0 radical (unpaired) electrons. The largest absolute Gasteiger partial charge is 0.416 e. The molecule has 1 nitrogen and oxygen atoms in total. The van der Waals surface area contributed by atoms with Crippen LogP contribution in [0.1, 0.15) is 31.2 Å². The fourth-order valence-electron chi connectivity index (χ4n) is 2.00. The van der Waals surface area contributed by atoms with Gasteiger partial charge in [-0.25, -0.2) is 0 Å². The van der Waals surface area contributed by atoms with Gasteiger partial charge in [0.25, 0.3) is 0 Å². The highest BCUT2D eigenvalue weighted by Gasteiger charge is 2.30. The molecule has 0 saturated carbocycles. The summed E-state index contributed by atoms with van der Waals surface area (Å²) in [6.45, 7) is 3.79. The van der Waals surface area contributed by atoms with E-state index in [0.29, 0.717) is 10.4 Å². The molecule has 0 saturated heterocycles. The molecule has 0 atom stereocenters. The van der Waals surface area contributed by atoms with Gasteiger partial charge >= 0.3 is 6.18 Å². The zero-order valence-corrected chi connectivity index (χ0v) is 11.9. The predicted octanol–water partition coefficient (Wildman–Crippen LogP) is 4.81. The average Bonchev–Trinajstić information content (AvgIpc) is 2.68. The van der Waals surface area contributed by atoms with Gasteiger partial charge in [-0.2, -0.15) is 13.2 Å². The number of carbonyl (C=O) groups is 1. The van der Waals surface area contributed by atoms with Crippen LogP contribution in [-0.4, -0.2) is 5.78 Å². The predicted molar refractivity (Wildman–Crippen MR) is 73.3 cm³/mol. The first-order chi connectivity index (χ1) is 9.27. The van der Waals surface area contributed by atoms with Crippen LogP contribution in [0, 0.1) is 13.8 Å². The van der Waals surface area contributed by atoms with E-state index in [0.717, 1.165) is 22.6 Å². The van der Waals surface area contributed by atoms with Gasteiger partial charge in [0, 0.05) is 11.3 Å². The van der Waals surface area contributed by atoms with E-state index in [9.17, 15) is 18.0 Å². The summed E-state index contributed by atoms with van der Waals surface area (Å²) in [6.07, 6.45) is -4.22. The third-order valence-electron chi connectivity index (χ3n) is 2.94. The molecule has 0 spiro atoms. The molecule has 0 N–H and O–H groups in total. The van der Waals surface area contributed by atoms with E-state index >= 15 is 0 Å². The highest BCUT2D eigenvalue weighted by molar-refractivity contribution is 7.14. The van der Waals surface area contributed by atoms with E-state index in [-0.39, 0.29) is 12.2 Å². The Kier molecular flexibility index (Phi) is 3.99. The molecule has 1 aromatic heterocycles. The summed E-state index contributed by atoms with van der Waals surface area (Å²) in [7, 11) is 0. The number of carbonyl (C=O) groups excluding carboxylic acids is 1. The maximum atomic E-state index is 12.4. The number of benzene rings is 1. The molecule has 0 aliphatic heterocycles. The number of hydrogen-bond donors (Lipinski definition) is 0. The topological polar surface area (TPSA) is 17.1 Å². The molecule has 1 heterocycles. The molecular formula is C15H13F3OS. The number of hydrogen-bond acceptors (Lipinski definition) is 2. The summed E-state index contributed by atoms with van der Waals surface area (Å²) in [5.41, 5.74) is 0.815. The van der Waals surface area contributed by atoms with Crippen molar-refractivity contribution < 1.29 is 18.0 Å². The monoisotopic (exact) mass is 298 g/mol. The van der Waals surface area contributed by atoms with Crippen molar-refractivity contribution in [1.82, 2.24) is 0 Å². The zero-order valence-electron chi connectivity index (χ0n) is 11.0. The van der Waals surface area contributed by atoms with Gasteiger partial charge in [0.2, 0.25) is 0 Å². The van der Waals surface area contributed by atoms with Crippen molar-refractivity contribution in [2.75, 3.05) is 0 Å². The van der Waals surface area contributed by atoms with Gasteiger partial charge in [-0.15, -0.1) is 11.3 Å². The second-order valence-electron chi connectivity index (χ2n) is 4.66. The van der Waals surface area contributed by atoms with Gasteiger partial charge in [-0.3, -0.25) is 4.79 Å². The first-order valence-electron chi connectivity index (χ1n) is 6.04. The van der Waals surface area contributed by atoms with Gasteiger partial charge in [0.1, 0.15) is 0 Å². The van der Waals surface area contributed by atoms with Gasteiger partial charge in [0.05, 0.1) is 10.4 Å². The number of rotatable bonds is 3. The lowest BCUT2D eigenvalue weighted by Gasteiger charge is -2.07. The van der Waals surface area contributed by atoms with Gasteiger partial charge in [-0.05, 0) is 43.2 Å². The van der Waals surface area contributed by atoms with Crippen molar-refractivity contribution in [1.29, 1.82) is 0 Å². The number of halogens is 3. The summed E-state index contributed by atoms with van der Waals surface area (Å²) in [5.74, 6) is -0.0552. The van der Waals surface area contributed by atoms with Crippen molar-refractivity contribution in [3.05, 3.63) is 56.8 Å². The van der Waals surface area contributed by atoms with E-state index in [1.54, 1.807) is 0 Å². The normalized spacial score (nSPS) is 11.7. The molecule has 0 aliphatic carbocycles. The van der Waals surface area contributed by atoms with E-state index in [4.69, 9.17) is 0 Å². The molecule has 0 aliphatic rings. The van der Waals surface area contributed by atoms with Crippen LogP contribution in [-0.2, 0) is 12.6 Å². The molecule has 0 fully saturated rings. The SMILES string of the molecule is Cc1cc(C)c(C(=O)Cc2ccc(C(F)(F)F)cc2)s1. The fraction of sp³-hybridized carbons (Fsp3) is 0.267. The molecule has 2 rings (SSSR count). The number of ketones is 1. The van der Waals surface area contributed by atoms with Crippen LogP contribution >= 0.6 is 11.3 Å². The molecule has 20 heavy (non-hydrogen) atoms. The lowest BCUT2D eigenvalue weighted by Crippen LogP contribution is -2.06. The number of aryl methyl sites for hydroxylation is 2. The van der Waals surface area contributed by atoms with Crippen molar-refractivity contribution in [2.45, 2.75) is 26.4 Å². The number of Topliss-reactive ketones (excluding diaryl/α,β-unsaturated/α-hetero) is 1. The van der Waals surface area contributed by atoms with Crippen LogP contribution in [0.4, 0.5) is 13.2 Å².